The number of aryl methyl sites for hydroxylation is 1. The van der Waals surface area contributed by atoms with Crippen molar-refractivity contribution in [3.8, 4) is 0 Å². The van der Waals surface area contributed by atoms with E-state index in [1.165, 1.54) is 12.3 Å². The Bertz CT molecular complexity index is 908. The van der Waals surface area contributed by atoms with Crippen LogP contribution in [0.25, 0.3) is 0 Å². The Morgan fingerprint density at radius 1 is 1.38 bits per heavy atom. The maximum Gasteiger partial charge on any atom is 0.265 e. The van der Waals surface area contributed by atoms with E-state index < -0.39 is 10.0 Å². The number of carbonyl (C=O) groups excluding carboxylic acids is 1. The summed E-state index contributed by atoms with van der Waals surface area (Å²) in [6.45, 7) is 3.96. The van der Waals surface area contributed by atoms with E-state index in [2.05, 4.69) is 9.71 Å². The van der Waals surface area contributed by atoms with E-state index in [1.54, 1.807) is 24.0 Å². The van der Waals surface area contributed by atoms with E-state index >= 15 is 0 Å². The van der Waals surface area contributed by atoms with Gasteiger partial charge in [0.05, 0.1) is 24.7 Å². The number of amides is 1. The predicted octanol–water partition coefficient (Wildman–Crippen LogP) is 2.31. The van der Waals surface area contributed by atoms with Crippen LogP contribution in [0.4, 0.5) is 5.13 Å². The average molecular weight is 416 g/mol. The Labute approximate surface area is 161 Å². The molecule has 0 unspecified atom stereocenters. The molecule has 1 aromatic heterocycles. The summed E-state index contributed by atoms with van der Waals surface area (Å²) in [6, 6.07) is 4.80. The molecule has 0 radical (unpaired) electrons. The van der Waals surface area contributed by atoms with Gasteiger partial charge in [-0.15, -0.1) is 11.3 Å². The second kappa shape index (κ2) is 7.91. The lowest BCUT2D eigenvalue weighted by atomic mass is 10.2. The lowest BCUT2D eigenvalue weighted by Crippen LogP contribution is -2.41. The first-order chi connectivity index (χ1) is 12.4. The highest BCUT2D eigenvalue weighted by molar-refractivity contribution is 7.93. The van der Waals surface area contributed by atoms with Gasteiger partial charge in [-0.25, -0.2) is 13.4 Å². The molecular formula is C16H18ClN3O4S2. The van der Waals surface area contributed by atoms with Gasteiger partial charge in [0.25, 0.3) is 10.0 Å². The first-order valence-electron chi connectivity index (χ1n) is 7.95. The van der Waals surface area contributed by atoms with Gasteiger partial charge in [0.1, 0.15) is 4.90 Å². The normalized spacial score (nSPS) is 15.1. The molecule has 0 atom stereocenters. The average Bonchev–Trinajstić information content (AvgIpc) is 3.04. The maximum atomic E-state index is 12.5. The molecule has 0 saturated carbocycles. The molecule has 2 aromatic rings. The van der Waals surface area contributed by atoms with Crippen molar-refractivity contribution in [1.82, 2.24) is 9.88 Å². The fourth-order valence-electron chi connectivity index (χ4n) is 2.51. The summed E-state index contributed by atoms with van der Waals surface area (Å²) in [5, 5.41) is 0.381. The zero-order chi connectivity index (χ0) is 18.7. The van der Waals surface area contributed by atoms with E-state index in [0.717, 1.165) is 11.3 Å². The molecule has 7 nitrogen and oxygen atoms in total. The molecule has 0 bridgehead atoms. The number of aromatic nitrogens is 1. The number of nitrogens with one attached hydrogen (secondary N) is 1. The van der Waals surface area contributed by atoms with Crippen molar-refractivity contribution >= 4 is 44.0 Å². The first kappa shape index (κ1) is 19.1. The van der Waals surface area contributed by atoms with Crippen LogP contribution in [-0.2, 0) is 26.0 Å². The van der Waals surface area contributed by atoms with E-state index in [4.69, 9.17) is 16.3 Å². The second-order valence-electron chi connectivity index (χ2n) is 5.79. The van der Waals surface area contributed by atoms with Crippen LogP contribution in [0, 0.1) is 6.92 Å². The van der Waals surface area contributed by atoms with Crippen LogP contribution in [0.15, 0.2) is 29.3 Å². The summed E-state index contributed by atoms with van der Waals surface area (Å²) in [4.78, 5) is 18.8. The van der Waals surface area contributed by atoms with Crippen molar-refractivity contribution in [2.24, 2.45) is 0 Å². The zero-order valence-electron chi connectivity index (χ0n) is 14.1. The lowest BCUT2D eigenvalue weighted by Gasteiger charge is -2.26. The number of benzene rings is 1. The Morgan fingerprint density at radius 3 is 2.85 bits per heavy atom. The van der Waals surface area contributed by atoms with Crippen molar-refractivity contribution in [1.29, 1.82) is 0 Å². The number of morpholine rings is 1. The van der Waals surface area contributed by atoms with Crippen molar-refractivity contribution in [3.05, 3.63) is 39.9 Å². The third kappa shape index (κ3) is 4.35. The first-order valence-corrected chi connectivity index (χ1v) is 10.6. The van der Waals surface area contributed by atoms with Crippen LogP contribution in [0.5, 0.6) is 0 Å². The highest BCUT2D eigenvalue weighted by atomic mass is 35.5. The van der Waals surface area contributed by atoms with E-state index in [0.29, 0.717) is 36.7 Å². The van der Waals surface area contributed by atoms with Crippen LogP contribution in [-0.4, -0.2) is 50.5 Å². The molecule has 3 rings (SSSR count). The van der Waals surface area contributed by atoms with Gasteiger partial charge in [0, 0.05) is 24.2 Å². The van der Waals surface area contributed by atoms with Gasteiger partial charge >= 0.3 is 0 Å². The third-order valence-corrected chi connectivity index (χ3v) is 6.95. The molecule has 1 aliphatic heterocycles. The van der Waals surface area contributed by atoms with E-state index in [9.17, 15) is 13.2 Å². The van der Waals surface area contributed by atoms with Gasteiger partial charge in [0.15, 0.2) is 5.13 Å². The van der Waals surface area contributed by atoms with Crippen molar-refractivity contribution in [2.75, 3.05) is 31.0 Å². The highest BCUT2D eigenvalue weighted by Crippen LogP contribution is 2.28. The Balaban J connectivity index is 1.69. The molecular weight excluding hydrogens is 398 g/mol. The summed E-state index contributed by atoms with van der Waals surface area (Å²) in [6.07, 6.45) is 1.70. The van der Waals surface area contributed by atoms with Crippen molar-refractivity contribution < 1.29 is 17.9 Å². The molecule has 1 amide bonds. The minimum absolute atomic E-state index is 0.000287. The number of sulfonamides is 1. The smallest absolute Gasteiger partial charge is 0.265 e. The van der Waals surface area contributed by atoms with E-state index in [1.807, 2.05) is 0 Å². The lowest BCUT2D eigenvalue weighted by molar-refractivity contribution is -0.134. The fraction of sp³-hybridized carbons (Fsp3) is 0.375. The maximum absolute atomic E-state index is 12.5. The Morgan fingerprint density at radius 2 is 2.12 bits per heavy atom. The molecule has 140 valence electrons. The summed E-state index contributed by atoms with van der Waals surface area (Å²) in [7, 11) is -3.85. The monoisotopic (exact) mass is 415 g/mol. The SMILES string of the molecule is Cc1cccc(S(=O)(=O)Nc2ncc(CC(=O)N3CCOCC3)s2)c1Cl. The molecule has 1 aromatic carbocycles. The number of ether oxygens (including phenoxy) is 1. The minimum atomic E-state index is -3.85. The van der Waals surface area contributed by atoms with Crippen LogP contribution in [0.1, 0.15) is 10.4 Å². The largest absolute Gasteiger partial charge is 0.378 e. The Kier molecular flexibility index (Phi) is 5.81. The van der Waals surface area contributed by atoms with E-state index in [-0.39, 0.29) is 27.4 Å². The predicted molar refractivity (Wildman–Crippen MR) is 100 cm³/mol. The van der Waals surface area contributed by atoms with Crippen LogP contribution < -0.4 is 4.72 Å². The van der Waals surface area contributed by atoms with Crippen molar-refractivity contribution in [3.63, 3.8) is 0 Å². The molecule has 2 heterocycles. The molecule has 1 saturated heterocycles. The molecule has 10 heteroatoms. The van der Waals surface area contributed by atoms with Crippen LogP contribution in [0.2, 0.25) is 5.02 Å². The number of anilines is 1. The molecule has 1 N–H and O–H groups in total. The summed E-state index contributed by atoms with van der Waals surface area (Å²) in [5.41, 5.74) is 0.672. The molecule has 1 fully saturated rings. The second-order valence-corrected chi connectivity index (χ2v) is 8.94. The van der Waals surface area contributed by atoms with Gasteiger partial charge in [0.2, 0.25) is 5.91 Å². The van der Waals surface area contributed by atoms with Gasteiger partial charge < -0.3 is 9.64 Å². The third-order valence-electron chi connectivity index (χ3n) is 3.91. The van der Waals surface area contributed by atoms with Gasteiger partial charge in [-0.1, -0.05) is 23.7 Å². The van der Waals surface area contributed by atoms with Gasteiger partial charge in [-0.05, 0) is 18.6 Å². The Hall–Kier alpha value is -1.68. The highest BCUT2D eigenvalue weighted by Gasteiger charge is 2.22. The quantitative estimate of drug-likeness (QED) is 0.809. The summed E-state index contributed by atoms with van der Waals surface area (Å²) < 4.78 is 32.7. The fourth-order valence-corrected chi connectivity index (χ4v) is 5.14. The van der Waals surface area contributed by atoms with Gasteiger partial charge in [-0.2, -0.15) is 0 Å². The number of hydrogen-bond acceptors (Lipinski definition) is 6. The molecule has 0 aliphatic carbocycles. The number of hydrogen-bond donors (Lipinski definition) is 1. The number of halogens is 1. The van der Waals surface area contributed by atoms with Crippen LogP contribution in [0.3, 0.4) is 0 Å². The van der Waals surface area contributed by atoms with Crippen molar-refractivity contribution in [2.45, 2.75) is 18.2 Å². The standard InChI is InChI=1S/C16H18ClN3O4S2/c1-11-3-2-4-13(15(11)17)26(22,23)19-16-18-10-12(25-16)9-14(21)20-5-7-24-8-6-20/h2-4,10H,5-9H2,1H3,(H,18,19). The van der Waals surface area contributed by atoms with Gasteiger partial charge in [-0.3, -0.25) is 9.52 Å². The number of nitrogens with zero attached hydrogens (tertiary/aromatic N) is 2. The molecule has 1 aliphatic rings. The number of carbonyl (C=O) groups is 1. The molecule has 26 heavy (non-hydrogen) atoms. The number of thiazole rings is 1. The summed E-state index contributed by atoms with van der Waals surface area (Å²) in [5.74, 6) is -0.0203. The summed E-state index contributed by atoms with van der Waals surface area (Å²) >= 11 is 7.24. The molecule has 0 spiro atoms. The zero-order valence-corrected chi connectivity index (χ0v) is 16.5. The van der Waals surface area contributed by atoms with Crippen LogP contribution >= 0.6 is 22.9 Å². The number of rotatable bonds is 5. The topological polar surface area (TPSA) is 88.6 Å². The minimum Gasteiger partial charge on any atom is -0.378 e.